The van der Waals surface area contributed by atoms with Crippen molar-refractivity contribution in [3.05, 3.63) is 70.4 Å². The highest BCUT2D eigenvalue weighted by molar-refractivity contribution is 5.95. The van der Waals surface area contributed by atoms with Crippen LogP contribution in [0.15, 0.2) is 53.7 Å². The molecule has 4 aromatic rings. The van der Waals surface area contributed by atoms with Gasteiger partial charge in [-0.2, -0.15) is 5.26 Å². The molecule has 9 heteroatoms. The number of hydrogen-bond acceptors (Lipinski definition) is 8. The summed E-state index contributed by atoms with van der Waals surface area (Å²) in [6.45, 7) is 5.03. The van der Waals surface area contributed by atoms with E-state index in [1.807, 2.05) is 12.1 Å². The summed E-state index contributed by atoms with van der Waals surface area (Å²) in [4.78, 5) is 31.0. The van der Waals surface area contributed by atoms with Crippen LogP contribution in [0.5, 0.6) is 6.01 Å². The Morgan fingerprint density at radius 3 is 2.68 bits per heavy atom. The lowest BCUT2D eigenvalue weighted by atomic mass is 9.86. The van der Waals surface area contributed by atoms with E-state index in [1.54, 1.807) is 18.6 Å². The van der Waals surface area contributed by atoms with Crippen LogP contribution < -0.4 is 15.6 Å². The molecule has 1 saturated heterocycles. The number of H-pyrrole nitrogens is 1. The Balaban J connectivity index is 1.42. The van der Waals surface area contributed by atoms with E-state index in [0.29, 0.717) is 29.2 Å². The summed E-state index contributed by atoms with van der Waals surface area (Å²) in [7, 11) is 1.52. The predicted molar refractivity (Wildman–Crippen MR) is 143 cm³/mol. The van der Waals surface area contributed by atoms with Crippen LogP contribution in [0.25, 0.3) is 22.0 Å². The highest BCUT2D eigenvalue weighted by Crippen LogP contribution is 2.33. The summed E-state index contributed by atoms with van der Waals surface area (Å²) >= 11 is 0. The lowest BCUT2D eigenvalue weighted by Crippen LogP contribution is -2.33. The van der Waals surface area contributed by atoms with E-state index < -0.39 is 0 Å². The number of aryl methyl sites for hydroxylation is 1. The van der Waals surface area contributed by atoms with Crippen LogP contribution in [0, 0.1) is 18.3 Å². The second kappa shape index (κ2) is 10.8. The largest absolute Gasteiger partial charge is 0.467 e. The van der Waals surface area contributed by atoms with Gasteiger partial charge in [-0.25, -0.2) is 15.0 Å². The van der Waals surface area contributed by atoms with Crippen molar-refractivity contribution in [1.29, 1.82) is 5.26 Å². The quantitative estimate of drug-likeness (QED) is 0.384. The number of rotatable bonds is 7. The maximum atomic E-state index is 12.7. The maximum Gasteiger partial charge on any atom is 0.316 e. The van der Waals surface area contributed by atoms with Gasteiger partial charge in [0.1, 0.15) is 5.82 Å². The van der Waals surface area contributed by atoms with Gasteiger partial charge in [0.25, 0.3) is 5.56 Å². The van der Waals surface area contributed by atoms with Gasteiger partial charge in [0.2, 0.25) is 0 Å². The number of nitriles is 1. The SMILES string of the molecule is COc1ncc(-c2cc3cc[nH]c(=O)c3c(Nc3ccc(C4CCN(CCC#N)CC4)c(C)c3)n2)cn1. The standard InChI is InChI=1S/C28H29N7O2/c1-18-14-22(4-5-23(18)19-7-12-35(13-8-19)11-3-9-29)33-26-25-20(6-10-30-27(25)36)15-24(34-26)21-16-31-28(37-2)32-17-21/h4-6,10,14-17,19H,3,7-8,11-13H2,1-2H3,(H,30,36)(H,33,34). The van der Waals surface area contributed by atoms with Crippen molar-refractivity contribution in [2.24, 2.45) is 0 Å². The molecule has 188 valence electrons. The summed E-state index contributed by atoms with van der Waals surface area (Å²) in [5.41, 5.74) is 4.59. The summed E-state index contributed by atoms with van der Waals surface area (Å²) < 4.78 is 5.06. The van der Waals surface area contributed by atoms with Crippen LogP contribution in [0.4, 0.5) is 11.5 Å². The summed E-state index contributed by atoms with van der Waals surface area (Å²) in [6.07, 6.45) is 7.71. The molecule has 9 nitrogen and oxygen atoms in total. The Hall–Kier alpha value is -4.29. The molecule has 1 fully saturated rings. The van der Waals surface area contributed by atoms with E-state index in [0.717, 1.165) is 49.1 Å². The normalized spacial score (nSPS) is 14.4. The van der Waals surface area contributed by atoms with E-state index >= 15 is 0 Å². The first kappa shape index (κ1) is 24.4. The summed E-state index contributed by atoms with van der Waals surface area (Å²) in [5, 5.41) is 13.5. The number of fused-ring (bicyclic) bond motifs is 1. The monoisotopic (exact) mass is 495 g/mol. The number of nitrogens with one attached hydrogen (secondary N) is 2. The molecular formula is C28H29N7O2. The van der Waals surface area contributed by atoms with Crippen molar-refractivity contribution in [1.82, 2.24) is 24.8 Å². The van der Waals surface area contributed by atoms with Gasteiger partial charge in [-0.3, -0.25) is 4.79 Å². The van der Waals surface area contributed by atoms with E-state index in [2.05, 4.69) is 56.4 Å². The molecular weight excluding hydrogens is 466 g/mol. The van der Waals surface area contributed by atoms with Crippen LogP contribution in [0.1, 0.15) is 36.3 Å². The van der Waals surface area contributed by atoms with Crippen molar-refractivity contribution in [3.63, 3.8) is 0 Å². The van der Waals surface area contributed by atoms with Crippen LogP contribution in [-0.2, 0) is 0 Å². The zero-order valence-electron chi connectivity index (χ0n) is 21.0. The van der Waals surface area contributed by atoms with Crippen LogP contribution in [0.3, 0.4) is 0 Å². The predicted octanol–water partition coefficient (Wildman–Crippen LogP) is 4.53. The number of nitrogens with zero attached hydrogens (tertiary/aromatic N) is 5. The molecule has 1 aliphatic rings. The Morgan fingerprint density at radius 1 is 1.19 bits per heavy atom. The third kappa shape index (κ3) is 5.29. The molecule has 0 spiro atoms. The number of methoxy groups -OCH3 is 1. The highest BCUT2D eigenvalue weighted by atomic mass is 16.5. The Morgan fingerprint density at radius 2 is 1.97 bits per heavy atom. The fraction of sp³-hybridized carbons (Fsp3) is 0.321. The smallest absolute Gasteiger partial charge is 0.316 e. The third-order valence-electron chi connectivity index (χ3n) is 6.96. The molecule has 37 heavy (non-hydrogen) atoms. The number of anilines is 2. The van der Waals surface area contributed by atoms with E-state index in [1.165, 1.54) is 18.2 Å². The van der Waals surface area contributed by atoms with Gasteiger partial charge in [0.15, 0.2) is 0 Å². The Bertz CT molecular complexity index is 1500. The van der Waals surface area contributed by atoms with Gasteiger partial charge < -0.3 is 19.9 Å². The molecule has 3 aromatic heterocycles. The zero-order chi connectivity index (χ0) is 25.8. The lowest BCUT2D eigenvalue weighted by molar-refractivity contribution is 0.216. The molecule has 2 N–H and O–H groups in total. The lowest BCUT2D eigenvalue weighted by Gasteiger charge is -2.32. The third-order valence-corrected chi connectivity index (χ3v) is 6.96. The minimum absolute atomic E-state index is 0.207. The average Bonchev–Trinajstić information content (AvgIpc) is 2.92. The number of aromatic amines is 1. The Labute approximate surface area is 215 Å². The molecule has 0 bridgehead atoms. The molecule has 5 rings (SSSR count). The fourth-order valence-corrected chi connectivity index (χ4v) is 5.03. The van der Waals surface area contributed by atoms with Gasteiger partial charge in [0, 0.05) is 42.8 Å². The molecule has 0 aliphatic carbocycles. The fourth-order valence-electron chi connectivity index (χ4n) is 5.03. The van der Waals surface area contributed by atoms with Gasteiger partial charge in [-0.1, -0.05) is 6.07 Å². The summed E-state index contributed by atoms with van der Waals surface area (Å²) in [5.74, 6) is 0.982. The van der Waals surface area contributed by atoms with Crippen molar-refractivity contribution < 1.29 is 4.74 Å². The van der Waals surface area contributed by atoms with Crippen LogP contribution in [0.2, 0.25) is 0 Å². The molecule has 0 atom stereocenters. The summed E-state index contributed by atoms with van der Waals surface area (Å²) in [6, 6.07) is 12.6. The Kier molecular flexibility index (Phi) is 7.10. The van der Waals surface area contributed by atoms with Crippen molar-refractivity contribution in [3.8, 4) is 23.3 Å². The van der Waals surface area contributed by atoms with E-state index in [9.17, 15) is 4.79 Å². The van der Waals surface area contributed by atoms with Crippen LogP contribution in [-0.4, -0.2) is 51.6 Å². The first-order valence-corrected chi connectivity index (χ1v) is 12.4. The number of aromatic nitrogens is 4. The van der Waals surface area contributed by atoms with Crippen molar-refractivity contribution in [2.45, 2.75) is 32.1 Å². The van der Waals surface area contributed by atoms with Crippen LogP contribution >= 0.6 is 0 Å². The van der Waals surface area contributed by atoms with Gasteiger partial charge in [0.05, 0.1) is 24.3 Å². The van der Waals surface area contributed by atoms with Crippen molar-refractivity contribution in [2.75, 3.05) is 32.1 Å². The minimum Gasteiger partial charge on any atom is -0.467 e. The minimum atomic E-state index is -0.207. The number of benzene rings is 1. The molecule has 0 radical (unpaired) electrons. The van der Waals surface area contributed by atoms with E-state index in [4.69, 9.17) is 15.0 Å². The number of likely N-dealkylation sites (tertiary alicyclic amines) is 1. The molecule has 0 unspecified atom stereocenters. The molecule has 1 aromatic carbocycles. The molecule has 0 amide bonds. The highest BCUT2D eigenvalue weighted by Gasteiger charge is 2.22. The second-order valence-corrected chi connectivity index (χ2v) is 9.31. The first-order valence-electron chi connectivity index (χ1n) is 12.4. The topological polar surface area (TPSA) is 120 Å². The molecule has 4 heterocycles. The van der Waals surface area contributed by atoms with E-state index in [-0.39, 0.29) is 11.6 Å². The number of piperidine rings is 1. The first-order chi connectivity index (χ1) is 18.1. The maximum absolute atomic E-state index is 12.7. The van der Waals surface area contributed by atoms with Crippen molar-refractivity contribution >= 4 is 22.3 Å². The zero-order valence-corrected chi connectivity index (χ0v) is 21.0. The van der Waals surface area contributed by atoms with Gasteiger partial charge in [-0.05, 0) is 79.6 Å². The second-order valence-electron chi connectivity index (χ2n) is 9.31. The number of hydrogen-bond donors (Lipinski definition) is 2. The van der Waals surface area contributed by atoms with Gasteiger partial charge in [-0.15, -0.1) is 0 Å². The van der Waals surface area contributed by atoms with Gasteiger partial charge >= 0.3 is 6.01 Å². The number of pyridine rings is 2. The molecule has 0 saturated carbocycles. The molecule has 1 aliphatic heterocycles. The number of ether oxygens (including phenoxy) is 1. The average molecular weight is 496 g/mol.